The molecule has 2 atom stereocenters. The van der Waals surface area contributed by atoms with Crippen LogP contribution in [-0.2, 0) is 16.0 Å². The number of nitrogens with zero attached hydrogens (tertiary/aromatic N) is 5. The van der Waals surface area contributed by atoms with Gasteiger partial charge in [0.15, 0.2) is 0 Å². The number of benzene rings is 2. The zero-order valence-corrected chi connectivity index (χ0v) is 18.1. The predicted molar refractivity (Wildman–Crippen MR) is 118 cm³/mol. The van der Waals surface area contributed by atoms with Crippen LogP contribution in [0.3, 0.4) is 0 Å². The lowest BCUT2D eigenvalue weighted by Crippen LogP contribution is -2.45. The van der Waals surface area contributed by atoms with Gasteiger partial charge in [-0.05, 0) is 33.7 Å². The highest BCUT2D eigenvalue weighted by Gasteiger charge is 2.27. The largest absolute Gasteiger partial charge is 0.497 e. The fourth-order valence-corrected chi connectivity index (χ4v) is 3.94. The molecule has 1 saturated heterocycles. The summed E-state index contributed by atoms with van der Waals surface area (Å²) in [6.45, 7) is 3.46. The van der Waals surface area contributed by atoms with Crippen molar-refractivity contribution in [3.63, 3.8) is 0 Å². The van der Waals surface area contributed by atoms with E-state index in [-0.39, 0.29) is 11.9 Å². The molecule has 0 spiro atoms. The molecule has 3 aromatic rings. The van der Waals surface area contributed by atoms with Crippen LogP contribution < -0.4 is 10.1 Å². The van der Waals surface area contributed by atoms with Crippen molar-refractivity contribution in [3.05, 3.63) is 72.1 Å². The van der Waals surface area contributed by atoms with Gasteiger partial charge in [-0.15, -0.1) is 5.10 Å². The normalized spacial score (nSPS) is 16.3. The lowest BCUT2D eigenvalue weighted by molar-refractivity contribution is -0.125. The van der Waals surface area contributed by atoms with Crippen molar-refractivity contribution in [2.45, 2.75) is 18.5 Å². The van der Waals surface area contributed by atoms with Crippen molar-refractivity contribution < 1.29 is 14.3 Å². The molecule has 0 bridgehead atoms. The molecule has 2 heterocycles. The first-order chi connectivity index (χ1) is 15.7. The van der Waals surface area contributed by atoms with Gasteiger partial charge in [-0.25, -0.2) is 4.68 Å². The van der Waals surface area contributed by atoms with Crippen LogP contribution in [0.25, 0.3) is 0 Å². The third kappa shape index (κ3) is 5.49. The third-order valence-corrected chi connectivity index (χ3v) is 5.72. The lowest BCUT2D eigenvalue weighted by atomic mass is 10.0. The Morgan fingerprint density at radius 1 is 1.12 bits per heavy atom. The summed E-state index contributed by atoms with van der Waals surface area (Å²) in [7, 11) is 1.65. The number of amides is 1. The molecule has 0 aliphatic carbocycles. The van der Waals surface area contributed by atoms with Gasteiger partial charge in [-0.1, -0.05) is 42.5 Å². The number of morpholine rings is 1. The molecule has 9 heteroatoms. The van der Waals surface area contributed by atoms with Gasteiger partial charge in [-0.2, -0.15) is 0 Å². The molecule has 9 nitrogen and oxygen atoms in total. The highest BCUT2D eigenvalue weighted by molar-refractivity contribution is 5.80. The van der Waals surface area contributed by atoms with Gasteiger partial charge in [0, 0.05) is 26.1 Å². The van der Waals surface area contributed by atoms with Gasteiger partial charge in [0.25, 0.3) is 0 Å². The molecular formula is C23H28N6O3. The van der Waals surface area contributed by atoms with Crippen molar-refractivity contribution in [1.29, 1.82) is 0 Å². The lowest BCUT2D eigenvalue weighted by Gasteiger charge is -2.35. The number of rotatable bonds is 9. The maximum absolute atomic E-state index is 13.3. The van der Waals surface area contributed by atoms with Crippen LogP contribution in [0, 0.1) is 0 Å². The molecule has 4 rings (SSSR count). The molecule has 0 radical (unpaired) electrons. The summed E-state index contributed by atoms with van der Waals surface area (Å²) < 4.78 is 12.3. The monoisotopic (exact) mass is 436 g/mol. The Labute approximate surface area is 187 Å². The Hall–Kier alpha value is -3.30. The van der Waals surface area contributed by atoms with E-state index in [0.717, 1.165) is 30.0 Å². The highest BCUT2D eigenvalue weighted by Crippen LogP contribution is 2.24. The Morgan fingerprint density at radius 3 is 2.53 bits per heavy atom. The Morgan fingerprint density at radius 2 is 1.88 bits per heavy atom. The van der Waals surface area contributed by atoms with E-state index < -0.39 is 6.04 Å². The Kier molecular flexibility index (Phi) is 7.42. The van der Waals surface area contributed by atoms with Crippen LogP contribution in [0.2, 0.25) is 0 Å². The SMILES string of the molecule is COc1ccc(C(CNC(=O)C(Cc2ccccc2)n2cnnn2)N2CCOCC2)cc1. The van der Waals surface area contributed by atoms with Crippen molar-refractivity contribution in [2.24, 2.45) is 0 Å². The van der Waals surface area contributed by atoms with Gasteiger partial charge in [-0.3, -0.25) is 9.69 Å². The molecule has 32 heavy (non-hydrogen) atoms. The van der Waals surface area contributed by atoms with Crippen LogP contribution >= 0.6 is 0 Å². The average Bonchev–Trinajstić information content (AvgIpc) is 3.39. The minimum Gasteiger partial charge on any atom is -0.497 e. The number of carbonyl (C=O) groups is 1. The molecule has 1 aliphatic rings. The van der Waals surface area contributed by atoms with E-state index in [2.05, 4.69) is 25.7 Å². The molecule has 1 amide bonds. The topological polar surface area (TPSA) is 94.4 Å². The molecule has 1 aromatic heterocycles. The first-order valence-electron chi connectivity index (χ1n) is 10.7. The quantitative estimate of drug-likeness (QED) is 0.545. The van der Waals surface area contributed by atoms with Crippen LogP contribution in [0.4, 0.5) is 0 Å². The zero-order chi connectivity index (χ0) is 22.2. The fraction of sp³-hybridized carbons (Fsp3) is 0.391. The standard InChI is InChI=1S/C23H28N6O3/c1-31-20-9-7-19(8-10-20)22(28-11-13-32-14-12-28)16-24-23(30)21(29-17-25-26-27-29)15-18-5-3-2-4-6-18/h2-10,17,21-22H,11-16H2,1H3,(H,24,30). The molecule has 1 N–H and O–H groups in total. The number of methoxy groups -OCH3 is 1. The Bertz CT molecular complexity index is 959. The van der Waals surface area contributed by atoms with Gasteiger partial charge in [0.05, 0.1) is 26.4 Å². The van der Waals surface area contributed by atoms with E-state index in [1.807, 2.05) is 54.6 Å². The van der Waals surface area contributed by atoms with E-state index >= 15 is 0 Å². The van der Waals surface area contributed by atoms with Crippen LogP contribution in [0.1, 0.15) is 23.2 Å². The highest BCUT2D eigenvalue weighted by atomic mass is 16.5. The number of ether oxygens (including phenoxy) is 2. The molecule has 0 saturated carbocycles. The predicted octanol–water partition coefficient (Wildman–Crippen LogP) is 1.66. The Balaban J connectivity index is 1.50. The van der Waals surface area contributed by atoms with E-state index in [9.17, 15) is 4.79 Å². The van der Waals surface area contributed by atoms with Crippen molar-refractivity contribution in [3.8, 4) is 5.75 Å². The third-order valence-electron chi connectivity index (χ3n) is 5.72. The van der Waals surface area contributed by atoms with E-state index in [1.54, 1.807) is 7.11 Å². The zero-order valence-electron chi connectivity index (χ0n) is 18.1. The maximum atomic E-state index is 13.3. The van der Waals surface area contributed by atoms with Gasteiger partial charge >= 0.3 is 0 Å². The minimum absolute atomic E-state index is 0.0278. The van der Waals surface area contributed by atoms with Crippen molar-refractivity contribution >= 4 is 5.91 Å². The summed E-state index contributed by atoms with van der Waals surface area (Å²) in [5.74, 6) is 0.688. The molecule has 1 aliphatic heterocycles. The molecule has 2 unspecified atom stereocenters. The number of hydrogen-bond acceptors (Lipinski definition) is 7. The second kappa shape index (κ2) is 10.8. The second-order valence-corrected chi connectivity index (χ2v) is 7.68. The molecule has 168 valence electrons. The van der Waals surface area contributed by atoms with E-state index in [0.29, 0.717) is 26.2 Å². The van der Waals surface area contributed by atoms with Crippen molar-refractivity contribution in [2.75, 3.05) is 40.0 Å². The molecular weight excluding hydrogens is 408 g/mol. The average molecular weight is 437 g/mol. The summed E-state index contributed by atoms with van der Waals surface area (Å²) in [4.78, 5) is 15.6. The first-order valence-corrected chi connectivity index (χ1v) is 10.7. The number of carbonyl (C=O) groups excluding carboxylic acids is 1. The summed E-state index contributed by atoms with van der Waals surface area (Å²) in [6.07, 6.45) is 1.98. The summed E-state index contributed by atoms with van der Waals surface area (Å²) in [5, 5.41) is 14.6. The van der Waals surface area contributed by atoms with Crippen molar-refractivity contribution in [1.82, 2.24) is 30.4 Å². The number of hydrogen-bond donors (Lipinski definition) is 1. The number of nitrogens with one attached hydrogen (secondary N) is 1. The fourth-order valence-electron chi connectivity index (χ4n) is 3.94. The first kappa shape index (κ1) is 21.9. The number of aromatic nitrogens is 4. The van der Waals surface area contributed by atoms with Crippen LogP contribution in [-0.4, -0.2) is 71.0 Å². The molecule has 2 aromatic carbocycles. The molecule has 1 fully saturated rings. The van der Waals surface area contributed by atoms with Gasteiger partial charge in [0.2, 0.25) is 5.91 Å². The smallest absolute Gasteiger partial charge is 0.245 e. The minimum atomic E-state index is -0.534. The van der Waals surface area contributed by atoms with E-state index in [4.69, 9.17) is 9.47 Å². The van der Waals surface area contributed by atoms with Gasteiger partial charge < -0.3 is 14.8 Å². The summed E-state index contributed by atoms with van der Waals surface area (Å²) >= 11 is 0. The summed E-state index contributed by atoms with van der Waals surface area (Å²) in [6, 6.07) is 17.4. The number of tetrazole rings is 1. The van der Waals surface area contributed by atoms with Crippen LogP contribution in [0.15, 0.2) is 60.9 Å². The van der Waals surface area contributed by atoms with Gasteiger partial charge in [0.1, 0.15) is 18.1 Å². The van der Waals surface area contributed by atoms with Crippen LogP contribution in [0.5, 0.6) is 5.75 Å². The van der Waals surface area contributed by atoms with E-state index in [1.165, 1.54) is 11.0 Å². The maximum Gasteiger partial charge on any atom is 0.245 e. The summed E-state index contributed by atoms with van der Waals surface area (Å²) in [5.41, 5.74) is 2.16. The second-order valence-electron chi connectivity index (χ2n) is 7.68.